The Balaban J connectivity index is 2.20. The second-order valence-corrected chi connectivity index (χ2v) is 4.89. The molecule has 0 spiro atoms. The Bertz CT molecular complexity index is 687. The number of hydrogen-bond acceptors (Lipinski definition) is 4. The lowest BCUT2D eigenvalue weighted by Gasteiger charge is -2.29. The lowest BCUT2D eigenvalue weighted by molar-refractivity contribution is -0.122. The number of para-hydroxylation sites is 1. The topological polar surface area (TPSA) is 79.8 Å². The highest BCUT2D eigenvalue weighted by atomic mass is 16.2. The minimum absolute atomic E-state index is 0.505. The van der Waals surface area contributed by atoms with Crippen LogP contribution in [0.25, 0.3) is 5.57 Å². The van der Waals surface area contributed by atoms with E-state index in [1.807, 2.05) is 38.1 Å². The molecule has 5 heteroatoms. The Labute approximate surface area is 117 Å². The first-order valence-electron chi connectivity index (χ1n) is 6.60. The molecule has 102 valence electrons. The fraction of sp³-hybridized carbons (Fsp3) is 0.267. The first kappa shape index (κ1) is 12.7. The number of primary amides is 1. The van der Waals surface area contributed by atoms with Crippen molar-refractivity contribution < 1.29 is 4.79 Å². The molecule has 1 amide bonds. The van der Waals surface area contributed by atoms with Gasteiger partial charge >= 0.3 is 0 Å². The van der Waals surface area contributed by atoms with Gasteiger partial charge in [-0.1, -0.05) is 25.1 Å². The molecule has 0 aliphatic carbocycles. The molecule has 1 unspecified atom stereocenters. The van der Waals surface area contributed by atoms with Crippen molar-refractivity contribution in [2.45, 2.75) is 19.5 Å². The molecule has 3 N–H and O–H groups in total. The number of likely N-dealkylation sites (N-methyl/N-ethyl adjacent to an activating group) is 1. The Hall–Kier alpha value is -2.27. The zero-order valence-electron chi connectivity index (χ0n) is 11.5. The zero-order chi connectivity index (χ0) is 14.3. The van der Waals surface area contributed by atoms with Crippen LogP contribution in [0.2, 0.25) is 0 Å². The molecular weight excluding hydrogens is 252 g/mol. The van der Waals surface area contributed by atoms with Gasteiger partial charge in [0.25, 0.3) is 5.91 Å². The Morgan fingerprint density at radius 3 is 2.85 bits per heavy atom. The summed E-state index contributed by atoms with van der Waals surface area (Å²) in [4.78, 5) is 20.9. The summed E-state index contributed by atoms with van der Waals surface area (Å²) >= 11 is 0. The number of carbonyl (C=O) groups is 1. The molecule has 2 heterocycles. The molecule has 0 bridgehead atoms. The number of carbonyl (C=O) groups excluding carboxylic acids is 1. The van der Waals surface area contributed by atoms with Crippen molar-refractivity contribution in [2.75, 3.05) is 6.54 Å². The van der Waals surface area contributed by atoms with Crippen LogP contribution in [0, 0.1) is 0 Å². The predicted octanol–water partition coefficient (Wildman–Crippen LogP) is 1.42. The molecule has 1 aromatic rings. The number of nitrogens with zero attached hydrogens (tertiary/aromatic N) is 2. The molecule has 5 nitrogen and oxygen atoms in total. The number of dihydropyridines is 1. The Kier molecular flexibility index (Phi) is 2.79. The van der Waals surface area contributed by atoms with Gasteiger partial charge in [-0.05, 0) is 25.6 Å². The van der Waals surface area contributed by atoms with Gasteiger partial charge in [-0.3, -0.25) is 15.1 Å². The van der Waals surface area contributed by atoms with Gasteiger partial charge in [-0.2, -0.15) is 0 Å². The number of benzene rings is 1. The van der Waals surface area contributed by atoms with Crippen LogP contribution >= 0.6 is 0 Å². The second-order valence-electron chi connectivity index (χ2n) is 4.89. The molecule has 1 aromatic carbocycles. The van der Waals surface area contributed by atoms with Crippen LogP contribution in [-0.4, -0.2) is 29.5 Å². The summed E-state index contributed by atoms with van der Waals surface area (Å²) < 4.78 is 0. The van der Waals surface area contributed by atoms with Crippen LogP contribution < -0.4 is 11.1 Å². The van der Waals surface area contributed by atoms with E-state index in [9.17, 15) is 4.79 Å². The van der Waals surface area contributed by atoms with Gasteiger partial charge < -0.3 is 5.73 Å². The van der Waals surface area contributed by atoms with E-state index in [-0.39, 0.29) is 0 Å². The third-order valence-corrected chi connectivity index (χ3v) is 3.54. The molecule has 0 aromatic heterocycles. The van der Waals surface area contributed by atoms with Crippen LogP contribution in [0.1, 0.15) is 19.4 Å². The van der Waals surface area contributed by atoms with Crippen LogP contribution in [0.4, 0.5) is 5.69 Å². The highest BCUT2D eigenvalue weighted by molar-refractivity contribution is 6.60. The highest BCUT2D eigenvalue weighted by Crippen LogP contribution is 2.38. The molecule has 2 aliphatic rings. The smallest absolute Gasteiger partial charge is 0.264 e. The first-order chi connectivity index (χ1) is 9.57. The van der Waals surface area contributed by atoms with E-state index in [2.05, 4.69) is 15.3 Å². The maximum absolute atomic E-state index is 11.9. The van der Waals surface area contributed by atoms with Crippen molar-refractivity contribution in [2.24, 2.45) is 15.7 Å². The number of fused-ring (bicyclic) bond motifs is 3. The monoisotopic (exact) mass is 268 g/mol. The van der Waals surface area contributed by atoms with Crippen molar-refractivity contribution >= 4 is 28.6 Å². The number of allylic oxidation sites excluding steroid dienone is 1. The van der Waals surface area contributed by atoms with Gasteiger partial charge in [-0.25, -0.2) is 4.99 Å². The third kappa shape index (κ3) is 1.71. The SMILES string of the molecule is CCNC1(C(N)=O)C=C2C(=Nc3ccccc32)C(C)=N1. The Morgan fingerprint density at radius 2 is 2.15 bits per heavy atom. The van der Waals surface area contributed by atoms with E-state index < -0.39 is 11.6 Å². The molecular formula is C15H16N4O. The molecule has 0 saturated carbocycles. The highest BCUT2D eigenvalue weighted by Gasteiger charge is 2.40. The maximum atomic E-state index is 11.9. The first-order valence-corrected chi connectivity index (χ1v) is 6.60. The fourth-order valence-electron chi connectivity index (χ4n) is 2.66. The van der Waals surface area contributed by atoms with Gasteiger partial charge in [0.2, 0.25) is 5.66 Å². The van der Waals surface area contributed by atoms with Gasteiger partial charge in [-0.15, -0.1) is 0 Å². The van der Waals surface area contributed by atoms with Crippen molar-refractivity contribution in [3.63, 3.8) is 0 Å². The molecule has 0 saturated heterocycles. The number of aliphatic imine (C=N–C) groups is 2. The van der Waals surface area contributed by atoms with Gasteiger partial charge in [0.1, 0.15) is 0 Å². The largest absolute Gasteiger partial charge is 0.366 e. The summed E-state index contributed by atoms with van der Waals surface area (Å²) in [5.41, 5.74) is 8.77. The number of nitrogens with two attached hydrogens (primary N) is 1. The summed E-state index contributed by atoms with van der Waals surface area (Å²) in [5, 5.41) is 3.08. The fourth-order valence-corrected chi connectivity index (χ4v) is 2.66. The number of hydrogen-bond donors (Lipinski definition) is 2. The summed E-state index contributed by atoms with van der Waals surface area (Å²) in [6.07, 6.45) is 1.79. The average molecular weight is 268 g/mol. The normalized spacial score (nSPS) is 23.4. The van der Waals surface area contributed by atoms with Gasteiger partial charge in [0.05, 0.1) is 17.1 Å². The standard InChI is InChI=1S/C15H16N4O/c1-3-17-15(14(16)20)8-11-10-6-4-5-7-12(10)18-13(11)9(2)19-15/h4-8,17H,3H2,1-2H3,(H2,16,20). The lowest BCUT2D eigenvalue weighted by atomic mass is 9.92. The maximum Gasteiger partial charge on any atom is 0.264 e. The van der Waals surface area contributed by atoms with E-state index in [0.29, 0.717) is 6.54 Å². The van der Waals surface area contributed by atoms with E-state index in [1.165, 1.54) is 0 Å². The molecule has 0 radical (unpaired) electrons. The van der Waals surface area contributed by atoms with Gasteiger partial charge in [0.15, 0.2) is 0 Å². The molecule has 3 rings (SSSR count). The Morgan fingerprint density at radius 1 is 1.40 bits per heavy atom. The van der Waals surface area contributed by atoms with Crippen LogP contribution in [-0.2, 0) is 4.79 Å². The van der Waals surface area contributed by atoms with Crippen molar-refractivity contribution in [1.82, 2.24) is 5.32 Å². The van der Waals surface area contributed by atoms with Crippen LogP contribution in [0.3, 0.4) is 0 Å². The zero-order valence-corrected chi connectivity index (χ0v) is 11.5. The molecule has 2 aliphatic heterocycles. The van der Waals surface area contributed by atoms with Gasteiger partial charge in [0, 0.05) is 11.1 Å². The minimum atomic E-state index is -1.18. The number of amides is 1. The summed E-state index contributed by atoms with van der Waals surface area (Å²) in [7, 11) is 0. The molecule has 20 heavy (non-hydrogen) atoms. The number of nitrogens with one attached hydrogen (secondary N) is 1. The average Bonchev–Trinajstić information content (AvgIpc) is 2.78. The number of rotatable bonds is 3. The van der Waals surface area contributed by atoms with E-state index >= 15 is 0 Å². The third-order valence-electron chi connectivity index (χ3n) is 3.54. The lowest BCUT2D eigenvalue weighted by Crippen LogP contribution is -2.54. The summed E-state index contributed by atoms with van der Waals surface area (Å²) in [5.74, 6) is -0.505. The van der Waals surface area contributed by atoms with Crippen molar-refractivity contribution in [3.05, 3.63) is 35.9 Å². The molecule has 1 atom stereocenters. The van der Waals surface area contributed by atoms with E-state index in [0.717, 1.165) is 28.2 Å². The summed E-state index contributed by atoms with van der Waals surface area (Å²) in [6, 6.07) is 7.85. The van der Waals surface area contributed by atoms with Crippen LogP contribution in [0.15, 0.2) is 40.3 Å². The van der Waals surface area contributed by atoms with E-state index in [4.69, 9.17) is 5.73 Å². The minimum Gasteiger partial charge on any atom is -0.366 e. The van der Waals surface area contributed by atoms with E-state index in [1.54, 1.807) is 6.08 Å². The molecule has 0 fully saturated rings. The van der Waals surface area contributed by atoms with Crippen LogP contribution in [0.5, 0.6) is 0 Å². The quantitative estimate of drug-likeness (QED) is 0.869. The predicted molar refractivity (Wildman–Crippen MR) is 80.2 cm³/mol. The van der Waals surface area contributed by atoms with Crippen molar-refractivity contribution in [1.29, 1.82) is 0 Å². The van der Waals surface area contributed by atoms with Crippen molar-refractivity contribution in [3.8, 4) is 0 Å². The second kappa shape index (κ2) is 4.38. The summed E-state index contributed by atoms with van der Waals surface area (Å²) in [6.45, 7) is 4.37.